The van der Waals surface area contributed by atoms with Crippen molar-refractivity contribution < 1.29 is 4.79 Å². The van der Waals surface area contributed by atoms with E-state index in [0.29, 0.717) is 18.3 Å². The molecule has 1 fully saturated rings. The number of aliphatic imine (C=N–C) groups is 1. The topological polar surface area (TPSA) is 56.7 Å². The van der Waals surface area contributed by atoms with Crippen molar-refractivity contribution in [3.8, 4) is 0 Å². The fraction of sp³-hybridized carbons (Fsp3) is 0.440. The quantitative estimate of drug-likeness (QED) is 0.545. The third-order valence-electron chi connectivity index (χ3n) is 6.00. The van der Waals surface area contributed by atoms with Crippen LogP contribution in [0.4, 0.5) is 0 Å². The number of guanidine groups is 1. The molecular formula is C25H34N4O. The van der Waals surface area contributed by atoms with Crippen molar-refractivity contribution in [1.82, 2.24) is 15.5 Å². The summed E-state index contributed by atoms with van der Waals surface area (Å²) in [6.07, 6.45) is 3.70. The highest BCUT2D eigenvalue weighted by atomic mass is 16.1. The molecule has 0 aliphatic carbocycles. The fourth-order valence-electron chi connectivity index (χ4n) is 4.27. The van der Waals surface area contributed by atoms with Crippen LogP contribution < -0.4 is 10.6 Å². The lowest BCUT2D eigenvalue weighted by molar-refractivity contribution is -0.121. The van der Waals surface area contributed by atoms with Crippen molar-refractivity contribution in [1.29, 1.82) is 0 Å². The number of benzene rings is 2. The van der Waals surface area contributed by atoms with Gasteiger partial charge in [0.1, 0.15) is 0 Å². The lowest BCUT2D eigenvalue weighted by Gasteiger charge is -2.34. The van der Waals surface area contributed by atoms with Crippen LogP contribution in [0, 0.1) is 5.92 Å². The molecule has 0 saturated carbocycles. The van der Waals surface area contributed by atoms with Crippen molar-refractivity contribution in [3.63, 3.8) is 0 Å². The number of carbonyl (C=O) groups is 1. The summed E-state index contributed by atoms with van der Waals surface area (Å²) in [5.41, 5.74) is 2.69. The molecule has 1 heterocycles. The van der Waals surface area contributed by atoms with Crippen molar-refractivity contribution in [2.75, 3.05) is 33.7 Å². The zero-order valence-corrected chi connectivity index (χ0v) is 18.2. The lowest BCUT2D eigenvalue weighted by Crippen LogP contribution is -2.46. The first-order chi connectivity index (χ1) is 14.7. The molecule has 0 radical (unpaired) electrons. The minimum Gasteiger partial charge on any atom is -0.359 e. The van der Waals surface area contributed by atoms with Crippen LogP contribution in [0.25, 0.3) is 0 Å². The maximum Gasteiger partial charge on any atom is 0.220 e. The molecule has 1 aliphatic heterocycles. The average molecular weight is 407 g/mol. The summed E-state index contributed by atoms with van der Waals surface area (Å²) in [5, 5.41) is 6.31. The summed E-state index contributed by atoms with van der Waals surface area (Å²) in [6, 6.07) is 21.4. The molecule has 0 aromatic heterocycles. The average Bonchev–Trinajstić information content (AvgIpc) is 2.81. The van der Waals surface area contributed by atoms with E-state index in [1.807, 2.05) is 7.05 Å². The summed E-state index contributed by atoms with van der Waals surface area (Å²) in [4.78, 5) is 18.5. The van der Waals surface area contributed by atoms with Gasteiger partial charge in [-0.05, 0) is 36.3 Å². The van der Waals surface area contributed by atoms with Gasteiger partial charge in [0, 0.05) is 46.1 Å². The van der Waals surface area contributed by atoms with Crippen LogP contribution in [0.5, 0.6) is 0 Å². The van der Waals surface area contributed by atoms with Gasteiger partial charge in [0.2, 0.25) is 5.91 Å². The van der Waals surface area contributed by atoms with Gasteiger partial charge >= 0.3 is 0 Å². The van der Waals surface area contributed by atoms with Gasteiger partial charge in [-0.3, -0.25) is 9.79 Å². The standard InChI is InChI=1S/C25H34N4O/c1-26-24(30)19-20-14-17-29(18-15-20)25(27-2)28-16-13-23(21-9-5-3-6-10-21)22-11-7-4-8-12-22/h3-12,20,23H,13-19H2,1-2H3,(H,26,30)(H,27,28). The second kappa shape index (κ2) is 11.4. The normalized spacial score (nSPS) is 15.3. The third-order valence-corrected chi connectivity index (χ3v) is 6.00. The van der Waals surface area contributed by atoms with Crippen LogP contribution in [-0.2, 0) is 4.79 Å². The van der Waals surface area contributed by atoms with Crippen LogP contribution in [0.3, 0.4) is 0 Å². The van der Waals surface area contributed by atoms with Gasteiger partial charge in [-0.2, -0.15) is 0 Å². The Hall–Kier alpha value is -2.82. The number of likely N-dealkylation sites (tertiary alicyclic amines) is 1. The van der Waals surface area contributed by atoms with Crippen LogP contribution in [-0.4, -0.2) is 50.5 Å². The molecule has 2 aromatic carbocycles. The Bertz CT molecular complexity index is 759. The third kappa shape index (κ3) is 6.09. The first-order valence-corrected chi connectivity index (χ1v) is 11.0. The van der Waals surface area contributed by atoms with Gasteiger partial charge in [0.05, 0.1) is 0 Å². The molecular weight excluding hydrogens is 372 g/mol. The first-order valence-electron chi connectivity index (χ1n) is 11.0. The van der Waals surface area contributed by atoms with Crippen LogP contribution in [0.1, 0.15) is 42.7 Å². The molecule has 160 valence electrons. The molecule has 0 bridgehead atoms. The zero-order chi connectivity index (χ0) is 21.2. The van der Waals surface area contributed by atoms with E-state index in [9.17, 15) is 4.79 Å². The molecule has 0 spiro atoms. The fourth-order valence-corrected chi connectivity index (χ4v) is 4.27. The van der Waals surface area contributed by atoms with Gasteiger partial charge in [-0.15, -0.1) is 0 Å². The van der Waals surface area contributed by atoms with Crippen LogP contribution >= 0.6 is 0 Å². The van der Waals surface area contributed by atoms with Gasteiger partial charge < -0.3 is 15.5 Å². The molecule has 1 saturated heterocycles. The predicted octanol–water partition coefficient (Wildman–Crippen LogP) is 3.63. The molecule has 2 aromatic rings. The van der Waals surface area contributed by atoms with Crippen LogP contribution in [0.15, 0.2) is 65.7 Å². The van der Waals surface area contributed by atoms with Gasteiger partial charge in [0.25, 0.3) is 0 Å². The number of nitrogens with one attached hydrogen (secondary N) is 2. The summed E-state index contributed by atoms with van der Waals surface area (Å²) in [5.74, 6) is 1.94. The Kier molecular flexibility index (Phi) is 8.30. The van der Waals surface area contributed by atoms with Crippen molar-refractivity contribution in [3.05, 3.63) is 71.8 Å². The van der Waals surface area contributed by atoms with E-state index >= 15 is 0 Å². The monoisotopic (exact) mass is 406 g/mol. The number of rotatable bonds is 7. The second-order valence-corrected chi connectivity index (χ2v) is 7.94. The highest BCUT2D eigenvalue weighted by molar-refractivity contribution is 5.80. The molecule has 1 aliphatic rings. The van der Waals surface area contributed by atoms with Crippen molar-refractivity contribution >= 4 is 11.9 Å². The Labute approximate surface area is 180 Å². The maximum atomic E-state index is 11.6. The minimum atomic E-state index is 0.142. The predicted molar refractivity (Wildman–Crippen MR) is 124 cm³/mol. The molecule has 30 heavy (non-hydrogen) atoms. The number of amides is 1. The van der Waals surface area contributed by atoms with E-state index < -0.39 is 0 Å². The van der Waals surface area contributed by atoms with E-state index in [-0.39, 0.29) is 5.91 Å². The van der Waals surface area contributed by atoms with Gasteiger partial charge in [-0.1, -0.05) is 60.7 Å². The van der Waals surface area contributed by atoms with Crippen molar-refractivity contribution in [2.24, 2.45) is 10.9 Å². The van der Waals surface area contributed by atoms with Crippen LogP contribution in [0.2, 0.25) is 0 Å². The summed E-state index contributed by atoms with van der Waals surface area (Å²) in [7, 11) is 3.56. The Balaban J connectivity index is 1.55. The van der Waals surface area contributed by atoms with E-state index in [0.717, 1.165) is 44.9 Å². The number of nitrogens with zero attached hydrogens (tertiary/aromatic N) is 2. The molecule has 2 N–H and O–H groups in total. The number of carbonyl (C=O) groups excluding carboxylic acids is 1. The molecule has 1 amide bonds. The second-order valence-electron chi connectivity index (χ2n) is 7.94. The highest BCUT2D eigenvalue weighted by Crippen LogP contribution is 2.27. The SMILES string of the molecule is CN=C(NCCC(c1ccccc1)c1ccccc1)N1CCC(CC(=O)NC)CC1. The number of hydrogen-bond acceptors (Lipinski definition) is 2. The Morgan fingerprint density at radius 1 is 1.03 bits per heavy atom. The number of piperidine rings is 1. The lowest BCUT2D eigenvalue weighted by atomic mass is 9.88. The first kappa shape index (κ1) is 21.9. The molecule has 0 atom stereocenters. The molecule has 0 unspecified atom stereocenters. The zero-order valence-electron chi connectivity index (χ0n) is 18.2. The van der Waals surface area contributed by atoms with Gasteiger partial charge in [0.15, 0.2) is 5.96 Å². The summed E-state index contributed by atoms with van der Waals surface area (Å²) in [6.45, 7) is 2.75. The Morgan fingerprint density at radius 3 is 2.10 bits per heavy atom. The summed E-state index contributed by atoms with van der Waals surface area (Å²) < 4.78 is 0. The highest BCUT2D eigenvalue weighted by Gasteiger charge is 2.23. The van der Waals surface area contributed by atoms with E-state index in [2.05, 4.69) is 81.2 Å². The molecule has 5 nitrogen and oxygen atoms in total. The Morgan fingerprint density at radius 2 is 1.60 bits per heavy atom. The minimum absolute atomic E-state index is 0.142. The van der Waals surface area contributed by atoms with Gasteiger partial charge in [-0.25, -0.2) is 0 Å². The largest absolute Gasteiger partial charge is 0.359 e. The van der Waals surface area contributed by atoms with E-state index in [1.165, 1.54) is 11.1 Å². The molecule has 3 rings (SSSR count). The summed E-state index contributed by atoms with van der Waals surface area (Å²) >= 11 is 0. The maximum absolute atomic E-state index is 11.6. The van der Waals surface area contributed by atoms with E-state index in [1.54, 1.807) is 7.05 Å². The smallest absolute Gasteiger partial charge is 0.220 e. The number of hydrogen-bond donors (Lipinski definition) is 2. The van der Waals surface area contributed by atoms with Crippen molar-refractivity contribution in [2.45, 2.75) is 31.6 Å². The van der Waals surface area contributed by atoms with E-state index in [4.69, 9.17) is 0 Å². The molecule has 5 heteroatoms.